The van der Waals surface area contributed by atoms with Gasteiger partial charge in [0.15, 0.2) is 5.96 Å². The fourth-order valence-corrected chi connectivity index (χ4v) is 2.88. The summed E-state index contributed by atoms with van der Waals surface area (Å²) >= 11 is 0. The molecular weight excluding hydrogens is 415 g/mol. The number of rotatable bonds is 5. The minimum absolute atomic E-state index is 0. The maximum Gasteiger partial charge on any atom is 0.193 e. The third-order valence-corrected chi connectivity index (χ3v) is 4.63. The second-order valence-corrected chi connectivity index (χ2v) is 6.60. The molecule has 0 aliphatic carbocycles. The first-order valence-corrected chi connectivity index (χ1v) is 8.28. The lowest BCUT2D eigenvalue weighted by molar-refractivity contribution is -0.00517. The van der Waals surface area contributed by atoms with Crippen LogP contribution in [0.1, 0.15) is 18.4 Å². The lowest BCUT2D eigenvalue weighted by Crippen LogP contribution is -2.56. The van der Waals surface area contributed by atoms with Gasteiger partial charge in [0.2, 0.25) is 0 Å². The van der Waals surface area contributed by atoms with Crippen LogP contribution in [0.25, 0.3) is 0 Å². The molecule has 0 bridgehead atoms. The summed E-state index contributed by atoms with van der Waals surface area (Å²) in [5, 5.41) is 3.56. The number of nitrogens with zero attached hydrogens (tertiary/aromatic N) is 3. The van der Waals surface area contributed by atoms with Gasteiger partial charge >= 0.3 is 0 Å². The van der Waals surface area contributed by atoms with Gasteiger partial charge in [0.05, 0.1) is 6.54 Å². The summed E-state index contributed by atoms with van der Waals surface area (Å²) in [4.78, 5) is 9.12. The fourth-order valence-electron chi connectivity index (χ4n) is 2.88. The summed E-state index contributed by atoms with van der Waals surface area (Å²) in [7, 11) is 8.37. The highest BCUT2D eigenvalue weighted by molar-refractivity contribution is 14.0. The van der Waals surface area contributed by atoms with Crippen molar-refractivity contribution in [2.45, 2.75) is 24.9 Å². The van der Waals surface area contributed by atoms with E-state index in [9.17, 15) is 0 Å². The minimum atomic E-state index is 0. The number of aliphatic imine (C=N–C) groups is 1. The van der Waals surface area contributed by atoms with E-state index in [1.54, 1.807) is 0 Å². The summed E-state index contributed by atoms with van der Waals surface area (Å²) < 4.78 is 5.54. The molecule has 1 aliphatic heterocycles. The van der Waals surface area contributed by atoms with Gasteiger partial charge in [0.1, 0.15) is 0 Å². The van der Waals surface area contributed by atoms with Gasteiger partial charge in [-0.2, -0.15) is 0 Å². The molecule has 1 N–H and O–H groups in total. The smallest absolute Gasteiger partial charge is 0.193 e. The molecule has 1 aromatic carbocycles. The van der Waals surface area contributed by atoms with Crippen LogP contribution >= 0.6 is 24.0 Å². The van der Waals surface area contributed by atoms with E-state index < -0.39 is 0 Å². The van der Waals surface area contributed by atoms with Gasteiger partial charge in [-0.25, -0.2) is 4.99 Å². The molecule has 0 spiro atoms. The second-order valence-electron chi connectivity index (χ2n) is 6.60. The average molecular weight is 446 g/mol. The number of likely N-dealkylation sites (N-methyl/N-ethyl adjacent to an activating group) is 1. The quantitative estimate of drug-likeness (QED) is 0.429. The first-order valence-electron chi connectivity index (χ1n) is 8.28. The predicted octanol–water partition coefficient (Wildman–Crippen LogP) is 2.42. The van der Waals surface area contributed by atoms with Crippen LogP contribution < -0.4 is 5.32 Å². The van der Waals surface area contributed by atoms with Crippen molar-refractivity contribution in [3.63, 3.8) is 0 Å². The molecule has 6 heteroatoms. The van der Waals surface area contributed by atoms with Gasteiger partial charge in [0, 0.05) is 39.4 Å². The minimum Gasteiger partial charge on any atom is -0.381 e. The van der Waals surface area contributed by atoms with Crippen molar-refractivity contribution in [1.82, 2.24) is 15.1 Å². The molecule has 0 aromatic heterocycles. The van der Waals surface area contributed by atoms with Crippen LogP contribution in [0.15, 0.2) is 35.3 Å². The molecule has 5 nitrogen and oxygen atoms in total. The Labute approximate surface area is 163 Å². The van der Waals surface area contributed by atoms with E-state index >= 15 is 0 Å². The van der Waals surface area contributed by atoms with E-state index in [0.717, 1.165) is 38.6 Å². The molecule has 0 atom stereocenters. The first-order chi connectivity index (χ1) is 11.0. The van der Waals surface area contributed by atoms with Crippen LogP contribution in [0, 0.1) is 0 Å². The van der Waals surface area contributed by atoms with Crippen LogP contribution in [-0.2, 0) is 11.3 Å². The molecule has 24 heavy (non-hydrogen) atoms. The van der Waals surface area contributed by atoms with Crippen LogP contribution in [0.5, 0.6) is 0 Å². The van der Waals surface area contributed by atoms with Gasteiger partial charge in [-0.05, 0) is 32.5 Å². The normalized spacial score (nSPS) is 17.3. The predicted molar refractivity (Wildman–Crippen MR) is 111 cm³/mol. The fraction of sp³-hybridized carbons (Fsp3) is 0.611. The Kier molecular flexibility index (Phi) is 9.01. The van der Waals surface area contributed by atoms with Gasteiger partial charge in [-0.3, -0.25) is 0 Å². The Balaban J connectivity index is 0.00000288. The van der Waals surface area contributed by atoms with Gasteiger partial charge in [-0.15, -0.1) is 24.0 Å². The molecule has 0 saturated carbocycles. The Hall–Kier alpha value is -0.860. The first kappa shape index (κ1) is 21.2. The SMILES string of the molecule is CN(C)C(=NCc1ccccc1)NCC1(N(C)C)CCOCC1.I. The van der Waals surface area contributed by atoms with Gasteiger partial charge in [0.25, 0.3) is 0 Å². The maximum absolute atomic E-state index is 5.54. The molecule has 136 valence electrons. The summed E-state index contributed by atoms with van der Waals surface area (Å²) in [6.07, 6.45) is 2.10. The number of guanidine groups is 1. The summed E-state index contributed by atoms with van der Waals surface area (Å²) in [5.41, 5.74) is 1.36. The number of hydrogen-bond acceptors (Lipinski definition) is 3. The van der Waals surface area contributed by atoms with E-state index in [2.05, 4.69) is 48.6 Å². The zero-order chi connectivity index (χ0) is 16.7. The Morgan fingerprint density at radius 3 is 2.29 bits per heavy atom. The van der Waals surface area contributed by atoms with Crippen molar-refractivity contribution in [3.8, 4) is 0 Å². The molecule has 1 aromatic rings. The van der Waals surface area contributed by atoms with E-state index in [1.807, 2.05) is 25.1 Å². The number of ether oxygens (including phenoxy) is 1. The molecule has 0 amide bonds. The standard InChI is InChI=1S/C18H30N4O.HI/c1-21(2)17(19-14-16-8-6-5-7-9-16)20-15-18(22(3)4)10-12-23-13-11-18;/h5-9H,10-15H2,1-4H3,(H,19,20);1H. The Morgan fingerprint density at radius 2 is 1.75 bits per heavy atom. The molecule has 1 saturated heterocycles. The highest BCUT2D eigenvalue weighted by atomic mass is 127. The Morgan fingerprint density at radius 1 is 1.12 bits per heavy atom. The number of hydrogen-bond donors (Lipinski definition) is 1. The lowest BCUT2D eigenvalue weighted by atomic mass is 9.88. The van der Waals surface area contributed by atoms with Crippen molar-refractivity contribution in [3.05, 3.63) is 35.9 Å². The maximum atomic E-state index is 5.54. The van der Waals surface area contributed by atoms with Crippen LogP contribution in [0.3, 0.4) is 0 Å². The summed E-state index contributed by atoms with van der Waals surface area (Å²) in [6.45, 7) is 3.24. The summed E-state index contributed by atoms with van der Waals surface area (Å²) in [6, 6.07) is 10.4. The van der Waals surface area contributed by atoms with Gasteiger partial charge < -0.3 is 19.9 Å². The molecule has 2 rings (SSSR count). The van der Waals surface area contributed by atoms with Crippen molar-refractivity contribution < 1.29 is 4.74 Å². The average Bonchev–Trinajstić information content (AvgIpc) is 2.56. The largest absolute Gasteiger partial charge is 0.381 e. The molecule has 1 fully saturated rings. The van der Waals surface area contributed by atoms with E-state index in [0.29, 0.717) is 6.54 Å². The molecule has 1 aliphatic rings. The molecule has 0 radical (unpaired) electrons. The second kappa shape index (κ2) is 10.2. The van der Waals surface area contributed by atoms with Gasteiger partial charge in [-0.1, -0.05) is 30.3 Å². The van der Waals surface area contributed by atoms with E-state index in [-0.39, 0.29) is 29.5 Å². The lowest BCUT2D eigenvalue weighted by Gasteiger charge is -2.43. The van der Waals surface area contributed by atoms with Crippen molar-refractivity contribution in [2.75, 3.05) is 47.9 Å². The third kappa shape index (κ3) is 5.89. The van der Waals surface area contributed by atoms with Crippen molar-refractivity contribution in [2.24, 2.45) is 4.99 Å². The number of nitrogens with one attached hydrogen (secondary N) is 1. The Bertz CT molecular complexity index is 499. The molecule has 1 heterocycles. The van der Waals surface area contributed by atoms with Crippen LogP contribution in [0.4, 0.5) is 0 Å². The highest BCUT2D eigenvalue weighted by Gasteiger charge is 2.34. The zero-order valence-electron chi connectivity index (χ0n) is 15.3. The highest BCUT2D eigenvalue weighted by Crippen LogP contribution is 2.25. The summed E-state index contributed by atoms with van der Waals surface area (Å²) in [5.74, 6) is 0.932. The van der Waals surface area contributed by atoms with E-state index in [4.69, 9.17) is 9.73 Å². The zero-order valence-corrected chi connectivity index (χ0v) is 17.6. The molecule has 0 unspecified atom stereocenters. The molecular formula is C18H31IN4O. The van der Waals surface area contributed by atoms with E-state index in [1.165, 1.54) is 5.56 Å². The van der Waals surface area contributed by atoms with Crippen molar-refractivity contribution >= 4 is 29.9 Å². The van der Waals surface area contributed by atoms with Crippen LogP contribution in [-0.4, -0.2) is 69.2 Å². The number of benzene rings is 1. The topological polar surface area (TPSA) is 40.1 Å². The number of halogens is 1. The van der Waals surface area contributed by atoms with Crippen LogP contribution in [0.2, 0.25) is 0 Å². The van der Waals surface area contributed by atoms with Crippen molar-refractivity contribution in [1.29, 1.82) is 0 Å². The monoisotopic (exact) mass is 446 g/mol. The third-order valence-electron chi connectivity index (χ3n) is 4.63.